The van der Waals surface area contributed by atoms with E-state index in [4.69, 9.17) is 4.74 Å². The van der Waals surface area contributed by atoms with Gasteiger partial charge in [-0.3, -0.25) is 4.79 Å². The van der Waals surface area contributed by atoms with Gasteiger partial charge in [0.15, 0.2) is 5.60 Å². The molecule has 0 bridgehead atoms. The second kappa shape index (κ2) is 6.12. The van der Waals surface area contributed by atoms with Gasteiger partial charge in [0.05, 0.1) is 5.69 Å². The van der Waals surface area contributed by atoms with E-state index in [2.05, 4.69) is 16.0 Å². The van der Waals surface area contributed by atoms with Crippen molar-refractivity contribution in [3.8, 4) is 5.75 Å². The van der Waals surface area contributed by atoms with Gasteiger partial charge in [0, 0.05) is 11.4 Å². The van der Waals surface area contributed by atoms with Crippen molar-refractivity contribution in [2.24, 2.45) is 0 Å². The second-order valence-electron chi connectivity index (χ2n) is 6.67. The van der Waals surface area contributed by atoms with Crippen molar-refractivity contribution in [3.05, 3.63) is 47.5 Å². The van der Waals surface area contributed by atoms with Crippen molar-refractivity contribution < 1.29 is 14.3 Å². The third-order valence-electron chi connectivity index (χ3n) is 4.04. The Morgan fingerprint density at radius 2 is 1.84 bits per heavy atom. The Labute approximate surface area is 146 Å². The van der Waals surface area contributed by atoms with Gasteiger partial charge in [0.2, 0.25) is 0 Å². The molecule has 1 aliphatic heterocycles. The molecular weight excluding hydrogens is 318 g/mol. The molecule has 25 heavy (non-hydrogen) atoms. The van der Waals surface area contributed by atoms with Gasteiger partial charge in [-0.2, -0.15) is 0 Å². The number of nitrogens with one attached hydrogen (secondary N) is 3. The quantitative estimate of drug-likeness (QED) is 0.772. The number of ether oxygens (including phenoxy) is 1. The molecule has 2 aromatic rings. The van der Waals surface area contributed by atoms with Crippen molar-refractivity contribution in [1.82, 2.24) is 0 Å². The molecule has 0 aliphatic carbocycles. The van der Waals surface area contributed by atoms with Crippen molar-refractivity contribution >= 4 is 29.0 Å². The Morgan fingerprint density at radius 3 is 2.60 bits per heavy atom. The lowest BCUT2D eigenvalue weighted by Crippen LogP contribution is -2.45. The molecule has 0 saturated heterocycles. The lowest BCUT2D eigenvalue weighted by molar-refractivity contribution is -0.129. The number of benzene rings is 2. The van der Waals surface area contributed by atoms with Crippen LogP contribution in [-0.4, -0.2) is 17.5 Å². The summed E-state index contributed by atoms with van der Waals surface area (Å²) in [6.07, 6.45) is 0. The Balaban J connectivity index is 1.74. The molecule has 3 N–H and O–H groups in total. The van der Waals surface area contributed by atoms with E-state index in [-0.39, 0.29) is 11.9 Å². The molecule has 0 spiro atoms. The summed E-state index contributed by atoms with van der Waals surface area (Å²) in [5.41, 5.74) is 2.99. The fraction of sp³-hybridized carbons (Fsp3) is 0.263. The molecule has 6 heteroatoms. The van der Waals surface area contributed by atoms with Crippen molar-refractivity contribution in [2.45, 2.75) is 33.3 Å². The van der Waals surface area contributed by atoms with E-state index in [1.807, 2.05) is 32.0 Å². The molecule has 130 valence electrons. The van der Waals surface area contributed by atoms with Gasteiger partial charge in [0.25, 0.3) is 5.91 Å². The first kappa shape index (κ1) is 16.8. The van der Waals surface area contributed by atoms with Crippen molar-refractivity contribution in [2.75, 3.05) is 16.0 Å². The van der Waals surface area contributed by atoms with Crippen LogP contribution in [0.25, 0.3) is 0 Å². The molecule has 0 fully saturated rings. The van der Waals surface area contributed by atoms with E-state index >= 15 is 0 Å². The van der Waals surface area contributed by atoms with Crippen LogP contribution in [0.1, 0.15) is 25.0 Å². The predicted octanol–water partition coefficient (Wildman–Crippen LogP) is 4.06. The Morgan fingerprint density at radius 1 is 1.08 bits per heavy atom. The summed E-state index contributed by atoms with van der Waals surface area (Å²) < 4.78 is 5.68. The van der Waals surface area contributed by atoms with Crippen LogP contribution in [-0.2, 0) is 4.79 Å². The summed E-state index contributed by atoms with van der Waals surface area (Å²) in [6, 6.07) is 10.6. The van der Waals surface area contributed by atoms with E-state index in [9.17, 15) is 9.59 Å². The number of fused-ring (bicyclic) bond motifs is 1. The number of aryl methyl sites for hydroxylation is 2. The van der Waals surface area contributed by atoms with Crippen molar-refractivity contribution in [3.63, 3.8) is 0 Å². The maximum atomic E-state index is 12.2. The highest BCUT2D eigenvalue weighted by molar-refractivity contribution is 6.03. The molecule has 2 aromatic carbocycles. The second-order valence-corrected chi connectivity index (χ2v) is 6.67. The molecule has 0 unspecified atom stereocenters. The lowest BCUT2D eigenvalue weighted by atomic mass is 10.1. The summed E-state index contributed by atoms with van der Waals surface area (Å²) in [5, 5.41) is 8.39. The van der Waals surface area contributed by atoms with E-state index in [1.54, 1.807) is 32.0 Å². The zero-order valence-electron chi connectivity index (χ0n) is 14.7. The number of hydrogen-bond acceptors (Lipinski definition) is 3. The van der Waals surface area contributed by atoms with Gasteiger partial charge in [-0.1, -0.05) is 12.1 Å². The zero-order valence-corrected chi connectivity index (χ0v) is 14.7. The zero-order chi connectivity index (χ0) is 18.2. The molecule has 6 nitrogen and oxygen atoms in total. The summed E-state index contributed by atoms with van der Waals surface area (Å²) in [4.78, 5) is 24.2. The highest BCUT2D eigenvalue weighted by Gasteiger charge is 2.35. The molecule has 3 amide bonds. The first-order chi connectivity index (χ1) is 11.7. The van der Waals surface area contributed by atoms with Gasteiger partial charge >= 0.3 is 6.03 Å². The number of hydrogen-bond donors (Lipinski definition) is 3. The first-order valence-corrected chi connectivity index (χ1v) is 8.04. The van der Waals surface area contributed by atoms with Crippen LogP contribution in [0, 0.1) is 13.8 Å². The van der Waals surface area contributed by atoms with Crippen LogP contribution in [0.15, 0.2) is 36.4 Å². The highest BCUT2D eigenvalue weighted by Crippen LogP contribution is 2.35. The number of rotatable bonds is 2. The topological polar surface area (TPSA) is 79.5 Å². The maximum Gasteiger partial charge on any atom is 0.323 e. The fourth-order valence-electron chi connectivity index (χ4n) is 2.54. The van der Waals surface area contributed by atoms with Gasteiger partial charge in [-0.05, 0) is 63.1 Å². The minimum atomic E-state index is -0.915. The molecule has 0 aromatic heterocycles. The Kier molecular flexibility index (Phi) is 4.12. The van der Waals surface area contributed by atoms with Gasteiger partial charge in [0.1, 0.15) is 5.75 Å². The molecular formula is C19H21N3O3. The van der Waals surface area contributed by atoms with Gasteiger partial charge in [-0.15, -0.1) is 0 Å². The van der Waals surface area contributed by atoms with E-state index in [0.29, 0.717) is 17.1 Å². The van der Waals surface area contributed by atoms with Crippen LogP contribution >= 0.6 is 0 Å². The third-order valence-corrected chi connectivity index (χ3v) is 4.04. The van der Waals surface area contributed by atoms with Crippen LogP contribution < -0.4 is 20.7 Å². The van der Waals surface area contributed by atoms with Crippen molar-refractivity contribution in [1.29, 1.82) is 0 Å². The van der Waals surface area contributed by atoms with E-state index < -0.39 is 5.60 Å². The van der Waals surface area contributed by atoms with Crippen LogP contribution in [0.2, 0.25) is 0 Å². The minimum absolute atomic E-state index is 0.225. The predicted molar refractivity (Wildman–Crippen MR) is 98.3 cm³/mol. The largest absolute Gasteiger partial charge is 0.476 e. The van der Waals surface area contributed by atoms with Crippen LogP contribution in [0.3, 0.4) is 0 Å². The molecule has 1 aliphatic rings. The monoisotopic (exact) mass is 339 g/mol. The SMILES string of the molecule is Cc1ccc(C)c(NC(=O)Nc2ccc3c(c2)NC(=O)C(C)(C)O3)c1. The maximum absolute atomic E-state index is 12.2. The van der Waals surface area contributed by atoms with E-state index in [1.165, 1.54) is 0 Å². The molecule has 0 saturated carbocycles. The third kappa shape index (κ3) is 3.57. The minimum Gasteiger partial charge on any atom is -0.476 e. The fourth-order valence-corrected chi connectivity index (χ4v) is 2.54. The summed E-state index contributed by atoms with van der Waals surface area (Å²) >= 11 is 0. The number of carbonyl (C=O) groups excluding carboxylic acids is 2. The summed E-state index contributed by atoms with van der Waals surface area (Å²) in [5.74, 6) is 0.349. The number of urea groups is 1. The smallest absolute Gasteiger partial charge is 0.323 e. The molecule has 1 heterocycles. The number of amides is 3. The standard InChI is InChI=1S/C19H21N3O3/c1-11-5-6-12(2)14(9-11)22-18(24)20-13-7-8-16-15(10-13)21-17(23)19(3,4)25-16/h5-10H,1-4H3,(H,21,23)(H2,20,22,24). The molecule has 3 rings (SSSR count). The lowest BCUT2D eigenvalue weighted by Gasteiger charge is -2.31. The van der Waals surface area contributed by atoms with Crippen LogP contribution in [0.5, 0.6) is 5.75 Å². The number of carbonyl (C=O) groups is 2. The van der Waals surface area contributed by atoms with E-state index in [0.717, 1.165) is 16.8 Å². The normalized spacial score (nSPS) is 14.8. The Bertz CT molecular complexity index is 859. The Hall–Kier alpha value is -3.02. The average Bonchev–Trinajstić information content (AvgIpc) is 2.52. The van der Waals surface area contributed by atoms with Gasteiger partial charge < -0.3 is 20.7 Å². The summed E-state index contributed by atoms with van der Waals surface area (Å²) in [6.45, 7) is 7.31. The summed E-state index contributed by atoms with van der Waals surface area (Å²) in [7, 11) is 0. The molecule has 0 radical (unpaired) electrons. The molecule has 0 atom stereocenters. The van der Waals surface area contributed by atoms with Gasteiger partial charge in [-0.25, -0.2) is 4.79 Å². The highest BCUT2D eigenvalue weighted by atomic mass is 16.5. The van der Waals surface area contributed by atoms with Crippen LogP contribution in [0.4, 0.5) is 21.9 Å². The number of anilines is 3. The first-order valence-electron chi connectivity index (χ1n) is 8.04. The average molecular weight is 339 g/mol.